The molecule has 0 heterocycles. The highest BCUT2D eigenvalue weighted by atomic mass is 35.5. The lowest BCUT2D eigenvalue weighted by Crippen LogP contribution is -2.40. The van der Waals surface area contributed by atoms with E-state index in [0.717, 1.165) is 25.7 Å². The molecule has 2 rings (SSSR count). The third-order valence-electron chi connectivity index (χ3n) is 4.05. The van der Waals surface area contributed by atoms with Crippen molar-refractivity contribution in [3.8, 4) is 11.5 Å². The first-order valence-corrected chi connectivity index (χ1v) is 7.43. The largest absolute Gasteiger partial charge is 0.493 e. The average Bonchev–Trinajstić information content (AvgIpc) is 2.55. The van der Waals surface area contributed by atoms with Crippen LogP contribution in [0.5, 0.6) is 11.5 Å². The molecule has 0 spiro atoms. The minimum absolute atomic E-state index is 0. The van der Waals surface area contributed by atoms with Crippen LogP contribution in [-0.2, 0) is 0 Å². The summed E-state index contributed by atoms with van der Waals surface area (Å²) < 4.78 is 10.2. The minimum atomic E-state index is -0.604. The first-order valence-electron chi connectivity index (χ1n) is 7.43. The van der Waals surface area contributed by atoms with Crippen LogP contribution in [0.15, 0.2) is 12.1 Å². The number of methoxy groups -OCH3 is 2. The Morgan fingerprint density at radius 3 is 2.25 bits per heavy atom. The monoisotopic (exact) mass is 359 g/mol. The molecular formula is C15H22ClN3O5. The van der Waals surface area contributed by atoms with Gasteiger partial charge in [-0.2, -0.15) is 0 Å². The summed E-state index contributed by atoms with van der Waals surface area (Å²) >= 11 is 0. The molecule has 0 aliphatic heterocycles. The van der Waals surface area contributed by atoms with Crippen LogP contribution in [0.2, 0.25) is 0 Å². The van der Waals surface area contributed by atoms with Gasteiger partial charge in [0, 0.05) is 18.2 Å². The van der Waals surface area contributed by atoms with Gasteiger partial charge in [-0.3, -0.25) is 14.9 Å². The van der Waals surface area contributed by atoms with Gasteiger partial charge < -0.3 is 20.5 Å². The molecular weight excluding hydrogens is 338 g/mol. The second-order valence-electron chi connectivity index (χ2n) is 5.57. The van der Waals surface area contributed by atoms with Crippen LogP contribution in [0.25, 0.3) is 0 Å². The second kappa shape index (κ2) is 8.70. The molecule has 0 aromatic heterocycles. The molecule has 1 aromatic carbocycles. The van der Waals surface area contributed by atoms with E-state index in [2.05, 4.69) is 5.32 Å². The molecule has 24 heavy (non-hydrogen) atoms. The van der Waals surface area contributed by atoms with E-state index in [-0.39, 0.29) is 47.2 Å². The molecule has 0 unspecified atom stereocenters. The summed E-state index contributed by atoms with van der Waals surface area (Å²) in [5.41, 5.74) is 5.49. The van der Waals surface area contributed by atoms with Gasteiger partial charge in [-0.1, -0.05) is 0 Å². The van der Waals surface area contributed by atoms with Gasteiger partial charge in [0.2, 0.25) is 0 Å². The molecule has 0 bridgehead atoms. The Morgan fingerprint density at radius 2 is 1.75 bits per heavy atom. The summed E-state index contributed by atoms with van der Waals surface area (Å²) in [6.07, 6.45) is 3.21. The Kier molecular flexibility index (Phi) is 7.24. The van der Waals surface area contributed by atoms with E-state index >= 15 is 0 Å². The number of amides is 1. The van der Waals surface area contributed by atoms with Gasteiger partial charge in [-0.25, -0.2) is 0 Å². The van der Waals surface area contributed by atoms with Crippen LogP contribution in [0.3, 0.4) is 0 Å². The summed E-state index contributed by atoms with van der Waals surface area (Å²) in [4.78, 5) is 23.1. The van der Waals surface area contributed by atoms with E-state index in [0.29, 0.717) is 0 Å². The van der Waals surface area contributed by atoms with Crippen molar-refractivity contribution in [2.45, 2.75) is 37.8 Å². The number of carbonyl (C=O) groups excluding carboxylic acids is 1. The van der Waals surface area contributed by atoms with E-state index in [1.807, 2.05) is 0 Å². The molecule has 1 aromatic rings. The van der Waals surface area contributed by atoms with Gasteiger partial charge >= 0.3 is 0 Å². The van der Waals surface area contributed by atoms with Gasteiger partial charge in [0.05, 0.1) is 25.2 Å². The predicted molar refractivity (Wildman–Crippen MR) is 91.1 cm³/mol. The number of rotatable bonds is 5. The minimum Gasteiger partial charge on any atom is -0.493 e. The number of nitro benzene ring substituents is 1. The molecule has 9 heteroatoms. The van der Waals surface area contributed by atoms with Crippen molar-refractivity contribution in [3.05, 3.63) is 27.8 Å². The van der Waals surface area contributed by atoms with E-state index in [9.17, 15) is 14.9 Å². The zero-order valence-electron chi connectivity index (χ0n) is 13.6. The van der Waals surface area contributed by atoms with Crippen molar-refractivity contribution < 1.29 is 19.2 Å². The zero-order chi connectivity index (χ0) is 17.0. The van der Waals surface area contributed by atoms with Crippen LogP contribution in [0.4, 0.5) is 5.69 Å². The highest BCUT2D eigenvalue weighted by molar-refractivity contribution is 5.99. The molecule has 0 atom stereocenters. The Hall–Kier alpha value is -2.06. The predicted octanol–water partition coefficient (Wildman–Crippen LogP) is 2.03. The van der Waals surface area contributed by atoms with Gasteiger partial charge in [-0.15, -0.1) is 12.4 Å². The topological polar surface area (TPSA) is 117 Å². The average molecular weight is 360 g/mol. The fourth-order valence-corrected chi connectivity index (χ4v) is 2.73. The van der Waals surface area contributed by atoms with E-state index < -0.39 is 10.8 Å². The van der Waals surface area contributed by atoms with Crippen molar-refractivity contribution in [1.82, 2.24) is 5.32 Å². The van der Waals surface area contributed by atoms with Crippen LogP contribution in [0, 0.1) is 10.1 Å². The number of hydrogen-bond donors (Lipinski definition) is 2. The second-order valence-corrected chi connectivity index (χ2v) is 5.57. The van der Waals surface area contributed by atoms with Crippen molar-refractivity contribution in [2.24, 2.45) is 5.73 Å². The maximum Gasteiger partial charge on any atom is 0.286 e. The van der Waals surface area contributed by atoms with Crippen LogP contribution < -0.4 is 20.5 Å². The Labute approximate surface area is 146 Å². The molecule has 3 N–H and O–H groups in total. The molecule has 1 saturated carbocycles. The van der Waals surface area contributed by atoms with Crippen LogP contribution in [-0.4, -0.2) is 37.1 Å². The maximum absolute atomic E-state index is 12.4. The Bertz CT molecular complexity index is 603. The summed E-state index contributed by atoms with van der Waals surface area (Å²) in [5.74, 6) is -0.00793. The van der Waals surface area contributed by atoms with Gasteiger partial charge in [0.1, 0.15) is 5.56 Å². The van der Waals surface area contributed by atoms with Crippen molar-refractivity contribution in [1.29, 1.82) is 0 Å². The third kappa shape index (κ3) is 4.48. The van der Waals surface area contributed by atoms with Crippen LogP contribution >= 0.6 is 12.4 Å². The van der Waals surface area contributed by atoms with Gasteiger partial charge in [-0.05, 0) is 25.7 Å². The summed E-state index contributed by atoms with van der Waals surface area (Å²) in [7, 11) is 2.79. The zero-order valence-corrected chi connectivity index (χ0v) is 14.4. The normalized spacial score (nSPS) is 19.8. The Morgan fingerprint density at radius 1 is 1.21 bits per heavy atom. The molecule has 1 fully saturated rings. The molecule has 1 aliphatic rings. The summed E-state index contributed by atoms with van der Waals surface area (Å²) in [5, 5.41) is 14.1. The fourth-order valence-electron chi connectivity index (χ4n) is 2.73. The fraction of sp³-hybridized carbons (Fsp3) is 0.533. The number of nitro groups is 1. The molecule has 1 aliphatic carbocycles. The first-order chi connectivity index (χ1) is 11.0. The SMILES string of the molecule is COc1cc(C(=O)NC2CCC(N)CC2)c([N+](=O)[O-])cc1OC.Cl. The van der Waals surface area contributed by atoms with Crippen molar-refractivity contribution in [2.75, 3.05) is 14.2 Å². The maximum atomic E-state index is 12.4. The lowest BCUT2D eigenvalue weighted by atomic mass is 9.91. The number of halogens is 1. The smallest absolute Gasteiger partial charge is 0.286 e. The molecule has 0 saturated heterocycles. The number of nitrogens with zero attached hydrogens (tertiary/aromatic N) is 1. The number of benzene rings is 1. The molecule has 0 radical (unpaired) electrons. The van der Waals surface area contributed by atoms with Gasteiger partial charge in [0.15, 0.2) is 11.5 Å². The van der Waals surface area contributed by atoms with E-state index in [1.54, 1.807) is 0 Å². The van der Waals surface area contributed by atoms with Crippen molar-refractivity contribution in [3.63, 3.8) is 0 Å². The lowest BCUT2D eigenvalue weighted by molar-refractivity contribution is -0.385. The Balaban J connectivity index is 0.00000288. The first kappa shape index (κ1) is 20.0. The molecule has 1 amide bonds. The third-order valence-corrected chi connectivity index (χ3v) is 4.05. The quantitative estimate of drug-likeness (QED) is 0.613. The highest BCUT2D eigenvalue weighted by Gasteiger charge is 2.27. The van der Waals surface area contributed by atoms with E-state index in [4.69, 9.17) is 15.2 Å². The highest BCUT2D eigenvalue weighted by Crippen LogP contribution is 2.34. The molecule has 134 valence electrons. The summed E-state index contributed by atoms with van der Waals surface area (Å²) in [6.45, 7) is 0. The number of hydrogen-bond acceptors (Lipinski definition) is 6. The molecule has 8 nitrogen and oxygen atoms in total. The van der Waals surface area contributed by atoms with E-state index in [1.165, 1.54) is 26.4 Å². The number of carbonyl (C=O) groups is 1. The number of ether oxygens (including phenoxy) is 2. The van der Waals surface area contributed by atoms with Crippen LogP contribution in [0.1, 0.15) is 36.0 Å². The standard InChI is InChI=1S/C15H21N3O5.ClH/c1-22-13-7-11(12(18(20)21)8-14(13)23-2)15(19)17-10-5-3-9(16)4-6-10;/h7-10H,3-6,16H2,1-2H3,(H,17,19);1H. The number of nitrogens with one attached hydrogen (secondary N) is 1. The lowest BCUT2D eigenvalue weighted by Gasteiger charge is -2.26. The van der Waals surface area contributed by atoms with Gasteiger partial charge in [0.25, 0.3) is 11.6 Å². The summed E-state index contributed by atoms with van der Waals surface area (Å²) in [6, 6.07) is 2.68. The van der Waals surface area contributed by atoms with Crippen molar-refractivity contribution >= 4 is 24.0 Å². The number of nitrogens with two attached hydrogens (primary N) is 1.